The Labute approximate surface area is 95.3 Å². The molecule has 0 spiro atoms. The van der Waals surface area contributed by atoms with Crippen LogP contribution in [0.15, 0.2) is 18.2 Å². The molecular weight excluding hydrogens is 206 g/mol. The van der Waals surface area contributed by atoms with E-state index in [1.165, 1.54) is 0 Å². The van der Waals surface area contributed by atoms with Crippen molar-refractivity contribution in [2.45, 2.75) is 6.42 Å². The summed E-state index contributed by atoms with van der Waals surface area (Å²) in [6.45, 7) is 2.30. The minimum absolute atomic E-state index is 0.488. The summed E-state index contributed by atoms with van der Waals surface area (Å²) >= 11 is 0. The highest BCUT2D eigenvalue weighted by atomic mass is 16.5. The van der Waals surface area contributed by atoms with Crippen LogP contribution in [0.5, 0.6) is 11.5 Å². The average molecular weight is 223 g/mol. The normalized spacial score (nSPS) is 19.7. The maximum Gasteiger partial charge on any atom is 0.162 e. The Balaban J connectivity index is 1.97. The maximum absolute atomic E-state index is 5.71. The zero-order valence-corrected chi connectivity index (χ0v) is 9.44. The van der Waals surface area contributed by atoms with Crippen molar-refractivity contribution in [2.24, 2.45) is 5.92 Å². The zero-order chi connectivity index (χ0) is 11.4. The third kappa shape index (κ3) is 2.58. The quantitative estimate of drug-likeness (QED) is 0.789. The fourth-order valence-electron chi connectivity index (χ4n) is 1.73. The maximum atomic E-state index is 5.71. The van der Waals surface area contributed by atoms with Gasteiger partial charge in [-0.25, -0.2) is 0 Å². The van der Waals surface area contributed by atoms with Crippen LogP contribution in [0.1, 0.15) is 6.42 Å². The Morgan fingerprint density at radius 3 is 3.00 bits per heavy atom. The average Bonchev–Trinajstić information content (AvgIpc) is 2.80. The van der Waals surface area contributed by atoms with E-state index >= 15 is 0 Å². The third-order valence-electron chi connectivity index (χ3n) is 2.69. The van der Waals surface area contributed by atoms with Crippen molar-refractivity contribution >= 4 is 5.69 Å². The minimum atomic E-state index is 0.488. The second-order valence-electron chi connectivity index (χ2n) is 3.95. The van der Waals surface area contributed by atoms with E-state index in [0.717, 1.165) is 25.4 Å². The van der Waals surface area contributed by atoms with Crippen LogP contribution in [0.4, 0.5) is 5.69 Å². The molecule has 1 atom stereocenters. The number of methoxy groups -OCH3 is 1. The van der Waals surface area contributed by atoms with Gasteiger partial charge in [0.15, 0.2) is 11.5 Å². The highest BCUT2D eigenvalue weighted by molar-refractivity contribution is 5.51. The molecule has 1 unspecified atom stereocenters. The van der Waals surface area contributed by atoms with Crippen LogP contribution < -0.4 is 15.2 Å². The predicted octanol–water partition coefficient (Wildman–Crippen LogP) is 1.69. The SMILES string of the molecule is COc1cc(N)ccc1OCC1CCOC1. The van der Waals surface area contributed by atoms with Crippen molar-refractivity contribution < 1.29 is 14.2 Å². The molecule has 2 rings (SSSR count). The highest BCUT2D eigenvalue weighted by Crippen LogP contribution is 2.29. The van der Waals surface area contributed by atoms with E-state index in [0.29, 0.717) is 24.0 Å². The van der Waals surface area contributed by atoms with Gasteiger partial charge >= 0.3 is 0 Å². The molecule has 0 amide bonds. The smallest absolute Gasteiger partial charge is 0.162 e. The molecule has 1 fully saturated rings. The molecule has 1 saturated heterocycles. The summed E-state index contributed by atoms with van der Waals surface area (Å²) in [5.41, 5.74) is 6.34. The van der Waals surface area contributed by atoms with Crippen LogP contribution in [0.25, 0.3) is 0 Å². The van der Waals surface area contributed by atoms with E-state index in [4.69, 9.17) is 19.9 Å². The Kier molecular flexibility index (Phi) is 3.51. The van der Waals surface area contributed by atoms with Crippen LogP contribution in [0, 0.1) is 5.92 Å². The first-order valence-electron chi connectivity index (χ1n) is 5.43. The van der Waals surface area contributed by atoms with Gasteiger partial charge in [0.1, 0.15) is 0 Å². The van der Waals surface area contributed by atoms with Crippen molar-refractivity contribution in [3.05, 3.63) is 18.2 Å². The molecule has 1 heterocycles. The summed E-state index contributed by atoms with van der Waals surface area (Å²) < 4.78 is 16.2. The van der Waals surface area contributed by atoms with Gasteiger partial charge in [0.05, 0.1) is 20.3 Å². The van der Waals surface area contributed by atoms with E-state index in [2.05, 4.69) is 0 Å². The van der Waals surface area contributed by atoms with Gasteiger partial charge in [-0.3, -0.25) is 0 Å². The van der Waals surface area contributed by atoms with Crippen LogP contribution in [-0.2, 0) is 4.74 Å². The lowest BCUT2D eigenvalue weighted by molar-refractivity contribution is 0.165. The number of nitrogens with two attached hydrogens (primary N) is 1. The number of rotatable bonds is 4. The molecule has 1 aliphatic rings. The standard InChI is InChI=1S/C12H17NO3/c1-14-12-6-10(13)2-3-11(12)16-8-9-4-5-15-7-9/h2-3,6,9H,4-5,7-8,13H2,1H3. The molecule has 0 saturated carbocycles. The lowest BCUT2D eigenvalue weighted by atomic mass is 10.1. The van der Waals surface area contributed by atoms with Gasteiger partial charge < -0.3 is 19.9 Å². The van der Waals surface area contributed by atoms with Crippen molar-refractivity contribution in [3.63, 3.8) is 0 Å². The van der Waals surface area contributed by atoms with Gasteiger partial charge in [0.25, 0.3) is 0 Å². The zero-order valence-electron chi connectivity index (χ0n) is 9.44. The summed E-state index contributed by atoms with van der Waals surface area (Å²) in [7, 11) is 1.61. The number of benzene rings is 1. The predicted molar refractivity (Wildman–Crippen MR) is 61.8 cm³/mol. The van der Waals surface area contributed by atoms with Gasteiger partial charge in [-0.05, 0) is 18.6 Å². The van der Waals surface area contributed by atoms with Gasteiger partial charge in [0, 0.05) is 24.3 Å². The molecule has 88 valence electrons. The van der Waals surface area contributed by atoms with Gasteiger partial charge in [-0.15, -0.1) is 0 Å². The second kappa shape index (κ2) is 5.07. The van der Waals surface area contributed by atoms with E-state index in [9.17, 15) is 0 Å². The van der Waals surface area contributed by atoms with Crippen LogP contribution in [-0.4, -0.2) is 26.9 Å². The first-order valence-corrected chi connectivity index (χ1v) is 5.43. The minimum Gasteiger partial charge on any atom is -0.493 e. The van der Waals surface area contributed by atoms with Gasteiger partial charge in [-0.1, -0.05) is 0 Å². The molecule has 4 heteroatoms. The largest absolute Gasteiger partial charge is 0.493 e. The molecule has 0 aromatic heterocycles. The highest BCUT2D eigenvalue weighted by Gasteiger charge is 2.17. The number of anilines is 1. The van der Waals surface area contributed by atoms with Crippen LogP contribution in [0.2, 0.25) is 0 Å². The Hall–Kier alpha value is -1.42. The lowest BCUT2D eigenvalue weighted by Gasteiger charge is -2.13. The Morgan fingerprint density at radius 1 is 1.44 bits per heavy atom. The molecule has 16 heavy (non-hydrogen) atoms. The van der Waals surface area contributed by atoms with Crippen molar-refractivity contribution in [2.75, 3.05) is 32.7 Å². The summed E-state index contributed by atoms with van der Waals surface area (Å²) in [5.74, 6) is 1.91. The molecule has 0 aliphatic carbocycles. The molecular formula is C12H17NO3. The molecule has 1 aliphatic heterocycles. The van der Waals surface area contributed by atoms with E-state index in [1.807, 2.05) is 12.1 Å². The number of hydrogen-bond acceptors (Lipinski definition) is 4. The first-order chi connectivity index (χ1) is 7.79. The summed E-state index contributed by atoms with van der Waals surface area (Å²) in [4.78, 5) is 0. The van der Waals surface area contributed by atoms with Gasteiger partial charge in [0.2, 0.25) is 0 Å². The second-order valence-corrected chi connectivity index (χ2v) is 3.95. The fraction of sp³-hybridized carbons (Fsp3) is 0.500. The van der Waals surface area contributed by atoms with Crippen molar-refractivity contribution in [1.82, 2.24) is 0 Å². The summed E-state index contributed by atoms with van der Waals surface area (Å²) in [6.07, 6.45) is 1.07. The first kappa shape index (κ1) is 11.1. The summed E-state index contributed by atoms with van der Waals surface area (Å²) in [6, 6.07) is 5.41. The van der Waals surface area contributed by atoms with Crippen molar-refractivity contribution in [1.29, 1.82) is 0 Å². The van der Waals surface area contributed by atoms with E-state index in [1.54, 1.807) is 13.2 Å². The molecule has 0 radical (unpaired) electrons. The van der Waals surface area contributed by atoms with Gasteiger partial charge in [-0.2, -0.15) is 0 Å². The van der Waals surface area contributed by atoms with Crippen LogP contribution in [0.3, 0.4) is 0 Å². The molecule has 1 aromatic rings. The monoisotopic (exact) mass is 223 g/mol. The molecule has 2 N–H and O–H groups in total. The number of nitrogen functional groups attached to an aromatic ring is 1. The topological polar surface area (TPSA) is 53.7 Å². The number of hydrogen-bond donors (Lipinski definition) is 1. The fourth-order valence-corrected chi connectivity index (χ4v) is 1.73. The number of ether oxygens (including phenoxy) is 3. The van der Waals surface area contributed by atoms with E-state index in [-0.39, 0.29) is 0 Å². The molecule has 4 nitrogen and oxygen atoms in total. The third-order valence-corrected chi connectivity index (χ3v) is 2.69. The summed E-state index contributed by atoms with van der Waals surface area (Å²) in [5, 5.41) is 0. The Bertz CT molecular complexity index is 348. The Morgan fingerprint density at radius 2 is 2.31 bits per heavy atom. The van der Waals surface area contributed by atoms with Crippen molar-refractivity contribution in [3.8, 4) is 11.5 Å². The van der Waals surface area contributed by atoms with E-state index < -0.39 is 0 Å². The van der Waals surface area contributed by atoms with Crippen LogP contribution >= 0.6 is 0 Å². The lowest BCUT2D eigenvalue weighted by Crippen LogP contribution is -2.12. The molecule has 0 bridgehead atoms. The molecule has 1 aromatic carbocycles.